The minimum absolute atomic E-state index is 0.653. The van der Waals surface area contributed by atoms with Crippen LogP contribution in [0, 0.1) is 12.8 Å². The van der Waals surface area contributed by atoms with Crippen molar-refractivity contribution < 1.29 is 0 Å². The van der Waals surface area contributed by atoms with E-state index in [4.69, 9.17) is 0 Å². The fourth-order valence-corrected chi connectivity index (χ4v) is 2.26. The van der Waals surface area contributed by atoms with E-state index in [2.05, 4.69) is 39.8 Å². The lowest BCUT2D eigenvalue weighted by molar-refractivity contribution is 0.560. The highest BCUT2D eigenvalue weighted by atomic mass is 15.6. The minimum atomic E-state index is 0.653. The summed E-state index contributed by atoms with van der Waals surface area (Å²) in [5.74, 6) is 1.49. The van der Waals surface area contributed by atoms with Crippen molar-refractivity contribution in [2.75, 3.05) is 13.1 Å². The maximum absolute atomic E-state index is 4.44. The molecule has 5 heteroatoms. The van der Waals surface area contributed by atoms with E-state index in [0.29, 0.717) is 5.92 Å². The Morgan fingerprint density at radius 2 is 2.17 bits per heavy atom. The van der Waals surface area contributed by atoms with Crippen molar-refractivity contribution in [2.24, 2.45) is 5.92 Å². The first kappa shape index (κ1) is 11.3. The number of nitrogens with one attached hydrogen (secondary N) is 1. The third-order valence-electron chi connectivity index (χ3n) is 3.35. The lowest BCUT2D eigenvalue weighted by atomic mass is 10.1. The Morgan fingerprint density at radius 1 is 1.33 bits per heavy atom. The average molecular weight is 243 g/mol. The number of hydrogen-bond acceptors (Lipinski definition) is 4. The number of aryl methyl sites for hydroxylation is 1. The highest BCUT2D eigenvalue weighted by Gasteiger charge is 2.17. The molecule has 0 aliphatic carbocycles. The zero-order valence-corrected chi connectivity index (χ0v) is 10.5. The molecular formula is C13H17N5. The van der Waals surface area contributed by atoms with Gasteiger partial charge in [0.15, 0.2) is 5.82 Å². The average Bonchev–Trinajstić information content (AvgIpc) is 3.02. The molecule has 1 aromatic carbocycles. The van der Waals surface area contributed by atoms with Crippen LogP contribution < -0.4 is 5.32 Å². The second-order valence-corrected chi connectivity index (χ2v) is 4.89. The monoisotopic (exact) mass is 243 g/mol. The highest BCUT2D eigenvalue weighted by molar-refractivity contribution is 5.31. The molecule has 1 fully saturated rings. The van der Waals surface area contributed by atoms with Crippen LogP contribution >= 0.6 is 0 Å². The maximum atomic E-state index is 4.44. The molecule has 2 aromatic rings. The van der Waals surface area contributed by atoms with Crippen molar-refractivity contribution in [1.82, 2.24) is 25.5 Å². The molecule has 0 saturated carbocycles. The van der Waals surface area contributed by atoms with Crippen LogP contribution in [0.2, 0.25) is 0 Å². The summed E-state index contributed by atoms with van der Waals surface area (Å²) in [5.41, 5.74) is 2.19. The molecule has 1 N–H and O–H groups in total. The van der Waals surface area contributed by atoms with Gasteiger partial charge in [-0.25, -0.2) is 0 Å². The van der Waals surface area contributed by atoms with Gasteiger partial charge in [-0.3, -0.25) is 0 Å². The van der Waals surface area contributed by atoms with Crippen LogP contribution in [-0.2, 0) is 6.42 Å². The molecule has 1 atom stereocenters. The second-order valence-electron chi connectivity index (χ2n) is 4.89. The van der Waals surface area contributed by atoms with Crippen LogP contribution in [0.3, 0.4) is 0 Å². The molecule has 1 unspecified atom stereocenters. The molecule has 1 saturated heterocycles. The lowest BCUT2D eigenvalue weighted by Crippen LogP contribution is -2.11. The number of benzene rings is 1. The third kappa shape index (κ3) is 2.41. The standard InChI is InChI=1S/C13H17N5/c1-10-2-4-12(5-3-10)18-16-13(15-17-18)8-11-6-7-14-9-11/h2-5,11,14H,6-9H2,1H3. The van der Waals surface area contributed by atoms with E-state index in [0.717, 1.165) is 31.0 Å². The summed E-state index contributed by atoms with van der Waals surface area (Å²) in [6.45, 7) is 4.24. The van der Waals surface area contributed by atoms with Gasteiger partial charge in [-0.05, 0) is 49.7 Å². The summed E-state index contributed by atoms with van der Waals surface area (Å²) in [6, 6.07) is 8.13. The van der Waals surface area contributed by atoms with Gasteiger partial charge >= 0.3 is 0 Å². The van der Waals surface area contributed by atoms with Gasteiger partial charge in [-0.15, -0.1) is 15.0 Å². The first-order valence-corrected chi connectivity index (χ1v) is 6.38. The number of nitrogens with zero attached hydrogens (tertiary/aromatic N) is 4. The van der Waals surface area contributed by atoms with Crippen LogP contribution in [0.5, 0.6) is 0 Å². The molecule has 2 heterocycles. The first-order chi connectivity index (χ1) is 8.81. The fraction of sp³-hybridized carbons (Fsp3) is 0.462. The van der Waals surface area contributed by atoms with E-state index in [9.17, 15) is 0 Å². The molecule has 1 aliphatic rings. The molecular weight excluding hydrogens is 226 g/mol. The molecule has 0 radical (unpaired) electrons. The number of aromatic nitrogens is 4. The number of tetrazole rings is 1. The molecule has 0 amide bonds. The fourth-order valence-electron chi connectivity index (χ4n) is 2.26. The quantitative estimate of drug-likeness (QED) is 0.877. The van der Waals surface area contributed by atoms with Gasteiger partial charge in [0.2, 0.25) is 0 Å². The zero-order valence-electron chi connectivity index (χ0n) is 10.5. The normalized spacial score (nSPS) is 19.3. The van der Waals surface area contributed by atoms with Crippen LogP contribution in [0.4, 0.5) is 0 Å². The van der Waals surface area contributed by atoms with Crippen LogP contribution in [0.1, 0.15) is 17.8 Å². The predicted molar refractivity (Wildman–Crippen MR) is 68.6 cm³/mol. The zero-order chi connectivity index (χ0) is 12.4. The van der Waals surface area contributed by atoms with Crippen molar-refractivity contribution in [1.29, 1.82) is 0 Å². The van der Waals surface area contributed by atoms with Crippen LogP contribution in [0.25, 0.3) is 5.69 Å². The smallest absolute Gasteiger partial charge is 0.175 e. The summed E-state index contributed by atoms with van der Waals surface area (Å²) >= 11 is 0. The Balaban J connectivity index is 1.74. The Hall–Kier alpha value is -1.75. The topological polar surface area (TPSA) is 55.6 Å². The Bertz CT molecular complexity index is 510. The van der Waals surface area contributed by atoms with Gasteiger partial charge in [-0.1, -0.05) is 17.7 Å². The van der Waals surface area contributed by atoms with Crippen molar-refractivity contribution in [3.63, 3.8) is 0 Å². The summed E-state index contributed by atoms with van der Waals surface area (Å²) in [7, 11) is 0. The molecule has 3 rings (SSSR count). The van der Waals surface area contributed by atoms with Crippen molar-refractivity contribution >= 4 is 0 Å². The summed E-state index contributed by atoms with van der Waals surface area (Å²) in [5, 5.41) is 16.0. The van der Waals surface area contributed by atoms with Crippen molar-refractivity contribution in [2.45, 2.75) is 19.8 Å². The van der Waals surface area contributed by atoms with Crippen molar-refractivity contribution in [3.05, 3.63) is 35.7 Å². The first-order valence-electron chi connectivity index (χ1n) is 6.38. The largest absolute Gasteiger partial charge is 0.316 e. The van der Waals surface area contributed by atoms with Gasteiger partial charge in [0, 0.05) is 6.42 Å². The van der Waals surface area contributed by atoms with E-state index in [1.165, 1.54) is 12.0 Å². The van der Waals surface area contributed by atoms with Gasteiger partial charge in [0.1, 0.15) is 0 Å². The van der Waals surface area contributed by atoms with E-state index in [-0.39, 0.29) is 0 Å². The lowest BCUT2D eigenvalue weighted by Gasteiger charge is -2.02. The number of rotatable bonds is 3. The van der Waals surface area contributed by atoms with Gasteiger partial charge < -0.3 is 5.32 Å². The summed E-state index contributed by atoms with van der Waals surface area (Å²) < 4.78 is 0. The molecule has 1 aromatic heterocycles. The molecule has 0 bridgehead atoms. The minimum Gasteiger partial charge on any atom is -0.316 e. The van der Waals surface area contributed by atoms with Crippen molar-refractivity contribution in [3.8, 4) is 5.69 Å². The Morgan fingerprint density at radius 3 is 2.89 bits per heavy atom. The predicted octanol–water partition coefficient (Wildman–Crippen LogP) is 1.12. The maximum Gasteiger partial charge on any atom is 0.175 e. The van der Waals surface area contributed by atoms with E-state index >= 15 is 0 Å². The SMILES string of the molecule is Cc1ccc(-n2nnc(CC3CCNC3)n2)cc1. The van der Waals surface area contributed by atoms with Gasteiger partial charge in [-0.2, -0.15) is 0 Å². The third-order valence-corrected chi connectivity index (χ3v) is 3.35. The highest BCUT2D eigenvalue weighted by Crippen LogP contribution is 2.13. The molecule has 94 valence electrons. The molecule has 1 aliphatic heterocycles. The van der Waals surface area contributed by atoms with E-state index in [1.807, 2.05) is 12.1 Å². The molecule has 18 heavy (non-hydrogen) atoms. The van der Waals surface area contributed by atoms with Gasteiger partial charge in [0.05, 0.1) is 5.69 Å². The summed E-state index contributed by atoms with van der Waals surface area (Å²) in [4.78, 5) is 1.61. The van der Waals surface area contributed by atoms with Crippen LogP contribution in [0.15, 0.2) is 24.3 Å². The van der Waals surface area contributed by atoms with E-state index in [1.54, 1.807) is 4.80 Å². The Labute approximate surface area is 106 Å². The molecule has 0 spiro atoms. The number of hydrogen-bond donors (Lipinski definition) is 1. The summed E-state index contributed by atoms with van der Waals surface area (Å²) in [6.07, 6.45) is 2.12. The second kappa shape index (κ2) is 4.86. The van der Waals surface area contributed by atoms with Crippen LogP contribution in [-0.4, -0.2) is 33.3 Å². The molecule has 5 nitrogen and oxygen atoms in total. The van der Waals surface area contributed by atoms with E-state index < -0.39 is 0 Å². The van der Waals surface area contributed by atoms with Gasteiger partial charge in [0.25, 0.3) is 0 Å². The Kier molecular flexibility index (Phi) is 3.06.